The van der Waals surface area contributed by atoms with Gasteiger partial charge in [-0.2, -0.15) is 0 Å². The molecule has 8 heteroatoms. The number of amides is 1. The van der Waals surface area contributed by atoms with Crippen molar-refractivity contribution in [2.45, 2.75) is 31.1 Å². The highest BCUT2D eigenvalue weighted by atomic mass is 35.5. The van der Waals surface area contributed by atoms with Crippen LogP contribution in [0, 0.1) is 0 Å². The summed E-state index contributed by atoms with van der Waals surface area (Å²) in [6, 6.07) is 11.1. The normalized spacial score (nSPS) is 11.3. The molecule has 2 aromatic rings. The molecule has 0 heterocycles. The molecule has 5 nitrogen and oxygen atoms in total. The van der Waals surface area contributed by atoms with Gasteiger partial charge in [0.1, 0.15) is 0 Å². The van der Waals surface area contributed by atoms with Gasteiger partial charge in [-0.15, -0.1) is 0 Å². The summed E-state index contributed by atoms with van der Waals surface area (Å²) in [6.07, 6.45) is 1.64. The third-order valence-corrected chi connectivity index (χ3v) is 5.82. The lowest BCUT2D eigenvalue weighted by Crippen LogP contribution is -2.25. The maximum atomic E-state index is 12.3. The van der Waals surface area contributed by atoms with Gasteiger partial charge in [-0.25, -0.2) is 13.1 Å². The molecule has 0 fully saturated rings. The second-order valence-electron chi connectivity index (χ2n) is 5.70. The quantitative estimate of drug-likeness (QED) is 0.633. The fraction of sp³-hybridized carbons (Fsp3) is 0.278. The molecule has 0 saturated heterocycles. The van der Waals surface area contributed by atoms with E-state index in [1.54, 1.807) is 30.3 Å². The van der Waals surface area contributed by atoms with E-state index in [1.807, 2.05) is 6.92 Å². The van der Waals surface area contributed by atoms with Gasteiger partial charge in [-0.05, 0) is 42.3 Å². The largest absolute Gasteiger partial charge is 0.326 e. The van der Waals surface area contributed by atoms with E-state index in [0.29, 0.717) is 27.8 Å². The predicted octanol–water partition coefficient (Wildman–Crippen LogP) is 4.25. The van der Waals surface area contributed by atoms with Crippen LogP contribution in [-0.4, -0.2) is 20.9 Å². The Labute approximate surface area is 163 Å². The van der Waals surface area contributed by atoms with Gasteiger partial charge >= 0.3 is 0 Å². The van der Waals surface area contributed by atoms with Crippen molar-refractivity contribution in [3.63, 3.8) is 0 Å². The lowest BCUT2D eigenvalue weighted by molar-refractivity contribution is -0.115. The summed E-state index contributed by atoms with van der Waals surface area (Å²) in [5, 5.41) is 3.49. The molecule has 0 unspecified atom stereocenters. The molecule has 0 radical (unpaired) electrons. The summed E-state index contributed by atoms with van der Waals surface area (Å²) < 4.78 is 27.1. The van der Waals surface area contributed by atoms with Gasteiger partial charge in [0, 0.05) is 22.3 Å². The van der Waals surface area contributed by atoms with Gasteiger partial charge in [0.05, 0.1) is 11.3 Å². The third-order valence-electron chi connectivity index (χ3n) is 3.65. The van der Waals surface area contributed by atoms with E-state index in [0.717, 1.165) is 12.8 Å². The van der Waals surface area contributed by atoms with Gasteiger partial charge in [0.15, 0.2) is 0 Å². The molecule has 26 heavy (non-hydrogen) atoms. The van der Waals surface area contributed by atoms with Gasteiger partial charge < -0.3 is 5.32 Å². The highest BCUT2D eigenvalue weighted by Gasteiger charge is 2.15. The Bertz CT molecular complexity index is 866. The molecule has 140 valence electrons. The second-order valence-corrected chi connectivity index (χ2v) is 8.29. The highest BCUT2D eigenvalue weighted by molar-refractivity contribution is 7.89. The van der Waals surface area contributed by atoms with Crippen LogP contribution in [0.25, 0.3) is 0 Å². The van der Waals surface area contributed by atoms with Crippen molar-refractivity contribution in [3.05, 3.63) is 58.1 Å². The molecule has 0 aliphatic heterocycles. The first-order chi connectivity index (χ1) is 12.3. The minimum Gasteiger partial charge on any atom is -0.326 e. The average molecular weight is 415 g/mol. The number of sulfonamides is 1. The minimum absolute atomic E-state index is 0.00969. The molecule has 0 saturated carbocycles. The van der Waals surface area contributed by atoms with Gasteiger partial charge in [0.25, 0.3) is 0 Å². The van der Waals surface area contributed by atoms with Gasteiger partial charge in [-0.1, -0.05) is 48.7 Å². The van der Waals surface area contributed by atoms with E-state index >= 15 is 0 Å². The summed E-state index contributed by atoms with van der Waals surface area (Å²) in [5.74, 6) is -0.339. The fourth-order valence-electron chi connectivity index (χ4n) is 2.27. The van der Waals surface area contributed by atoms with E-state index in [9.17, 15) is 13.2 Å². The number of carbonyl (C=O) groups is 1. The van der Waals surface area contributed by atoms with Crippen molar-refractivity contribution in [2.24, 2.45) is 0 Å². The van der Waals surface area contributed by atoms with Crippen molar-refractivity contribution in [1.82, 2.24) is 4.72 Å². The predicted molar refractivity (Wildman–Crippen MR) is 105 cm³/mol. The van der Waals surface area contributed by atoms with Gasteiger partial charge in [0.2, 0.25) is 15.9 Å². The molecule has 1 amide bonds. The van der Waals surface area contributed by atoms with Crippen LogP contribution in [-0.2, 0) is 21.2 Å². The molecule has 2 rings (SSSR count). The van der Waals surface area contributed by atoms with E-state index in [2.05, 4.69) is 10.0 Å². The van der Waals surface area contributed by atoms with Gasteiger partial charge in [-0.3, -0.25) is 4.79 Å². The summed E-state index contributed by atoms with van der Waals surface area (Å²) in [7, 11) is -3.61. The first-order valence-electron chi connectivity index (χ1n) is 8.16. The highest BCUT2D eigenvalue weighted by Crippen LogP contribution is 2.25. The Hall–Kier alpha value is -1.60. The van der Waals surface area contributed by atoms with Crippen molar-refractivity contribution in [2.75, 3.05) is 11.9 Å². The Morgan fingerprint density at radius 2 is 1.73 bits per heavy atom. The number of hydrogen-bond acceptors (Lipinski definition) is 3. The Morgan fingerprint density at radius 1 is 1.08 bits per heavy atom. The molecule has 0 aliphatic rings. The smallest absolute Gasteiger partial charge is 0.240 e. The Kier molecular flexibility index (Phi) is 7.46. The molecule has 0 atom stereocenters. The number of carbonyl (C=O) groups excluding carboxylic acids is 1. The topological polar surface area (TPSA) is 75.3 Å². The molecular formula is C18H20Cl2N2O3S. The standard InChI is InChI=1S/C18H20Cl2N2O3S/c1-2-3-10-21-26(24,25)14-7-4-6-13(11-14)22-18(23)12-15-16(19)8-5-9-17(15)20/h4-9,11,21H,2-3,10,12H2,1H3,(H,22,23). The maximum Gasteiger partial charge on any atom is 0.240 e. The molecule has 0 spiro atoms. The van der Waals surface area contributed by atoms with Crippen molar-refractivity contribution >= 4 is 44.8 Å². The fourth-order valence-corrected chi connectivity index (χ4v) is 3.93. The number of rotatable bonds is 8. The molecule has 0 bridgehead atoms. The van der Waals surface area contributed by atoms with Crippen LogP contribution in [0.3, 0.4) is 0 Å². The molecular weight excluding hydrogens is 395 g/mol. The lowest BCUT2D eigenvalue weighted by atomic mass is 10.1. The van der Waals surface area contributed by atoms with Crippen LogP contribution < -0.4 is 10.0 Å². The third kappa shape index (κ3) is 5.71. The van der Waals surface area contributed by atoms with Crippen LogP contribution >= 0.6 is 23.2 Å². The van der Waals surface area contributed by atoms with Crippen molar-refractivity contribution in [3.8, 4) is 0 Å². The van der Waals surface area contributed by atoms with E-state index in [4.69, 9.17) is 23.2 Å². The number of unbranched alkanes of at least 4 members (excludes halogenated alkanes) is 1. The van der Waals surface area contributed by atoms with Crippen LogP contribution in [0.1, 0.15) is 25.3 Å². The van der Waals surface area contributed by atoms with E-state index < -0.39 is 10.0 Å². The molecule has 0 aliphatic carbocycles. The number of halogens is 2. The zero-order valence-corrected chi connectivity index (χ0v) is 16.6. The Morgan fingerprint density at radius 3 is 2.38 bits per heavy atom. The zero-order chi connectivity index (χ0) is 19.2. The average Bonchev–Trinajstić information content (AvgIpc) is 2.59. The van der Waals surface area contributed by atoms with E-state index in [1.165, 1.54) is 12.1 Å². The van der Waals surface area contributed by atoms with Crippen LogP contribution in [0.4, 0.5) is 5.69 Å². The number of nitrogens with one attached hydrogen (secondary N) is 2. The van der Waals surface area contributed by atoms with Crippen LogP contribution in [0.15, 0.2) is 47.4 Å². The van der Waals surface area contributed by atoms with Crippen LogP contribution in [0.2, 0.25) is 10.0 Å². The molecule has 2 N–H and O–H groups in total. The first kappa shape index (κ1) is 20.7. The van der Waals surface area contributed by atoms with E-state index in [-0.39, 0.29) is 17.2 Å². The zero-order valence-electron chi connectivity index (χ0n) is 14.3. The maximum absolute atomic E-state index is 12.3. The summed E-state index contributed by atoms with van der Waals surface area (Å²) in [5.41, 5.74) is 0.912. The number of benzene rings is 2. The summed E-state index contributed by atoms with van der Waals surface area (Å²) >= 11 is 12.1. The van der Waals surface area contributed by atoms with Crippen molar-refractivity contribution in [1.29, 1.82) is 0 Å². The first-order valence-corrected chi connectivity index (χ1v) is 10.4. The second kappa shape index (κ2) is 9.37. The monoisotopic (exact) mass is 414 g/mol. The number of anilines is 1. The summed E-state index contributed by atoms with van der Waals surface area (Å²) in [6.45, 7) is 2.36. The number of hydrogen-bond donors (Lipinski definition) is 2. The lowest BCUT2D eigenvalue weighted by Gasteiger charge is -2.10. The summed E-state index contributed by atoms with van der Waals surface area (Å²) in [4.78, 5) is 12.4. The Balaban J connectivity index is 2.09. The van der Waals surface area contributed by atoms with Crippen molar-refractivity contribution < 1.29 is 13.2 Å². The van der Waals surface area contributed by atoms with Crippen LogP contribution in [0.5, 0.6) is 0 Å². The minimum atomic E-state index is -3.61. The molecule has 0 aromatic heterocycles. The SMILES string of the molecule is CCCCNS(=O)(=O)c1cccc(NC(=O)Cc2c(Cl)cccc2Cl)c1. The molecule has 2 aromatic carbocycles.